The molecule has 0 unspecified atom stereocenters. The quantitative estimate of drug-likeness (QED) is 0.258. The van der Waals surface area contributed by atoms with Gasteiger partial charge in [-0.2, -0.15) is 0 Å². The molecule has 0 radical (unpaired) electrons. The van der Waals surface area contributed by atoms with Gasteiger partial charge in [0.05, 0.1) is 17.6 Å². The number of aromatic nitrogens is 2. The lowest BCUT2D eigenvalue weighted by Crippen LogP contribution is -2.35. The molecule has 0 spiro atoms. The van der Waals surface area contributed by atoms with E-state index in [4.69, 9.17) is 0 Å². The van der Waals surface area contributed by atoms with Crippen molar-refractivity contribution in [2.45, 2.75) is 45.7 Å². The van der Waals surface area contributed by atoms with E-state index >= 15 is 0 Å². The van der Waals surface area contributed by atoms with Gasteiger partial charge >= 0.3 is 0 Å². The zero-order chi connectivity index (χ0) is 26.7. The van der Waals surface area contributed by atoms with Crippen LogP contribution >= 0.6 is 0 Å². The number of nitrogens with zero attached hydrogens (tertiary/aromatic N) is 3. The summed E-state index contributed by atoms with van der Waals surface area (Å²) in [5.74, 6) is 0.851. The summed E-state index contributed by atoms with van der Waals surface area (Å²) >= 11 is 0. The molecule has 0 fully saturated rings. The maximum absolute atomic E-state index is 13.2. The van der Waals surface area contributed by atoms with Gasteiger partial charge in [0.25, 0.3) is 5.91 Å². The molecule has 1 aliphatic heterocycles. The Kier molecular flexibility index (Phi) is 10.1. The van der Waals surface area contributed by atoms with Crippen molar-refractivity contribution >= 4 is 28.5 Å². The van der Waals surface area contributed by atoms with Gasteiger partial charge in [-0.15, -0.1) is 0 Å². The van der Waals surface area contributed by atoms with E-state index < -0.39 is 0 Å². The Labute approximate surface area is 225 Å². The normalized spacial score (nSPS) is 13.5. The minimum Gasteiger partial charge on any atom is -0.383 e. The molecule has 0 bridgehead atoms. The summed E-state index contributed by atoms with van der Waals surface area (Å²) < 4.78 is 0. The van der Waals surface area contributed by atoms with Crippen molar-refractivity contribution in [1.29, 1.82) is 0 Å². The first-order valence-corrected chi connectivity index (χ1v) is 13.8. The maximum Gasteiger partial charge on any atom is 0.254 e. The SMILES string of the molecule is CCNCCCCCC(=O)NCCN1CCNc2ccc(C(=O)N(C)Cc3nc4ccccc4[nH]3)cc2C1. The molecular formula is C29H41N7O2. The summed E-state index contributed by atoms with van der Waals surface area (Å²) in [6, 6.07) is 13.7. The summed E-state index contributed by atoms with van der Waals surface area (Å²) in [6.45, 7) is 8.37. The molecule has 0 atom stereocenters. The number of anilines is 1. The highest BCUT2D eigenvalue weighted by Crippen LogP contribution is 2.23. The van der Waals surface area contributed by atoms with E-state index in [1.54, 1.807) is 11.9 Å². The molecule has 38 heavy (non-hydrogen) atoms. The van der Waals surface area contributed by atoms with E-state index in [-0.39, 0.29) is 11.8 Å². The number of H-pyrrole nitrogens is 1. The van der Waals surface area contributed by atoms with Gasteiger partial charge in [0.1, 0.15) is 5.82 Å². The molecule has 0 saturated carbocycles. The van der Waals surface area contributed by atoms with Crippen LogP contribution in [0.1, 0.15) is 54.4 Å². The Balaban J connectivity index is 1.26. The molecule has 4 rings (SSSR count). The summed E-state index contributed by atoms with van der Waals surface area (Å²) in [6.07, 6.45) is 3.70. The molecule has 2 amide bonds. The number of fused-ring (bicyclic) bond motifs is 2. The van der Waals surface area contributed by atoms with Crippen LogP contribution in [-0.4, -0.2) is 77.9 Å². The van der Waals surface area contributed by atoms with Crippen molar-refractivity contribution in [3.8, 4) is 0 Å². The number of hydrogen-bond acceptors (Lipinski definition) is 6. The van der Waals surface area contributed by atoms with Crippen molar-refractivity contribution in [1.82, 2.24) is 30.4 Å². The van der Waals surface area contributed by atoms with Gasteiger partial charge in [0.15, 0.2) is 0 Å². The lowest BCUT2D eigenvalue weighted by atomic mass is 10.1. The summed E-state index contributed by atoms with van der Waals surface area (Å²) in [4.78, 5) is 37.3. The fourth-order valence-electron chi connectivity index (χ4n) is 4.82. The Hall–Kier alpha value is -3.43. The number of benzene rings is 2. The molecule has 2 aromatic carbocycles. The fraction of sp³-hybridized carbons (Fsp3) is 0.483. The molecule has 9 heteroatoms. The molecule has 3 aromatic rings. The van der Waals surface area contributed by atoms with Gasteiger partial charge in [-0.3, -0.25) is 14.5 Å². The predicted octanol–water partition coefficient (Wildman–Crippen LogP) is 3.35. The van der Waals surface area contributed by atoms with Crippen molar-refractivity contribution in [2.75, 3.05) is 51.6 Å². The van der Waals surface area contributed by atoms with Gasteiger partial charge in [0, 0.05) is 57.4 Å². The molecule has 1 aromatic heterocycles. The minimum atomic E-state index is -0.0400. The molecule has 204 valence electrons. The minimum absolute atomic E-state index is 0.0400. The van der Waals surface area contributed by atoms with Crippen LogP contribution in [0.15, 0.2) is 42.5 Å². The molecule has 0 aliphatic carbocycles. The third-order valence-electron chi connectivity index (χ3n) is 6.92. The number of nitrogens with one attached hydrogen (secondary N) is 4. The first-order valence-electron chi connectivity index (χ1n) is 13.8. The first kappa shape index (κ1) is 27.6. The van der Waals surface area contributed by atoms with E-state index in [0.717, 1.165) is 86.6 Å². The Bertz CT molecular complexity index is 1180. The number of aromatic amines is 1. The van der Waals surface area contributed by atoms with Crippen LogP contribution in [0.3, 0.4) is 0 Å². The Morgan fingerprint density at radius 1 is 1.11 bits per heavy atom. The summed E-state index contributed by atoms with van der Waals surface area (Å²) in [5, 5.41) is 9.86. The number of para-hydroxylation sites is 2. The highest BCUT2D eigenvalue weighted by molar-refractivity contribution is 5.94. The van der Waals surface area contributed by atoms with Gasteiger partial charge in [-0.25, -0.2) is 4.98 Å². The standard InChI is InChI=1S/C29H41N7O2/c1-3-30-14-8-4-5-11-28(37)32-16-18-36-17-15-31-24-13-12-22(19-23(24)20-36)29(38)35(2)21-27-33-25-9-6-7-10-26(25)34-27/h6-7,9-10,12-13,19,30-31H,3-5,8,11,14-18,20-21H2,1-2H3,(H,32,37)(H,33,34). The van der Waals surface area contributed by atoms with Crippen LogP contribution in [0.25, 0.3) is 11.0 Å². The Morgan fingerprint density at radius 3 is 2.82 bits per heavy atom. The van der Waals surface area contributed by atoms with Gasteiger partial charge < -0.3 is 25.8 Å². The van der Waals surface area contributed by atoms with Crippen LogP contribution in [-0.2, 0) is 17.9 Å². The van der Waals surface area contributed by atoms with E-state index in [0.29, 0.717) is 25.1 Å². The van der Waals surface area contributed by atoms with Crippen LogP contribution in [0.4, 0.5) is 5.69 Å². The number of imidazole rings is 1. The van der Waals surface area contributed by atoms with Crippen LogP contribution in [0, 0.1) is 0 Å². The van der Waals surface area contributed by atoms with Gasteiger partial charge in [0.2, 0.25) is 5.91 Å². The number of unbranched alkanes of at least 4 members (excludes halogenated alkanes) is 2. The van der Waals surface area contributed by atoms with Crippen molar-refractivity contribution in [3.63, 3.8) is 0 Å². The molecular weight excluding hydrogens is 478 g/mol. The second-order valence-corrected chi connectivity index (χ2v) is 9.95. The number of hydrogen-bond donors (Lipinski definition) is 4. The third kappa shape index (κ3) is 7.79. The Morgan fingerprint density at radius 2 is 1.97 bits per heavy atom. The largest absolute Gasteiger partial charge is 0.383 e. The van der Waals surface area contributed by atoms with E-state index in [2.05, 4.69) is 37.7 Å². The first-order chi connectivity index (χ1) is 18.5. The van der Waals surface area contributed by atoms with Crippen LogP contribution in [0.2, 0.25) is 0 Å². The number of carbonyl (C=O) groups excluding carboxylic acids is 2. The lowest BCUT2D eigenvalue weighted by molar-refractivity contribution is -0.121. The lowest BCUT2D eigenvalue weighted by Gasteiger charge is -2.21. The van der Waals surface area contributed by atoms with Crippen LogP contribution in [0.5, 0.6) is 0 Å². The second kappa shape index (κ2) is 13.9. The number of amides is 2. The monoisotopic (exact) mass is 519 g/mol. The smallest absolute Gasteiger partial charge is 0.254 e. The molecule has 4 N–H and O–H groups in total. The maximum atomic E-state index is 13.2. The van der Waals surface area contributed by atoms with E-state index in [1.165, 1.54) is 0 Å². The zero-order valence-electron chi connectivity index (χ0n) is 22.7. The van der Waals surface area contributed by atoms with Crippen molar-refractivity contribution in [3.05, 3.63) is 59.4 Å². The third-order valence-corrected chi connectivity index (χ3v) is 6.92. The van der Waals surface area contributed by atoms with Gasteiger partial charge in [-0.05, 0) is 61.8 Å². The highest BCUT2D eigenvalue weighted by Gasteiger charge is 2.19. The van der Waals surface area contributed by atoms with E-state index in [1.807, 2.05) is 42.5 Å². The van der Waals surface area contributed by atoms with Crippen molar-refractivity contribution < 1.29 is 9.59 Å². The predicted molar refractivity (Wildman–Crippen MR) is 152 cm³/mol. The van der Waals surface area contributed by atoms with Crippen LogP contribution < -0.4 is 16.0 Å². The average Bonchev–Trinajstić information content (AvgIpc) is 3.21. The molecule has 0 saturated heterocycles. The fourth-order valence-corrected chi connectivity index (χ4v) is 4.82. The zero-order valence-corrected chi connectivity index (χ0v) is 22.7. The topological polar surface area (TPSA) is 105 Å². The summed E-state index contributed by atoms with van der Waals surface area (Å²) in [5.41, 5.74) is 4.68. The molecule has 2 heterocycles. The average molecular weight is 520 g/mol. The molecule has 9 nitrogen and oxygen atoms in total. The highest BCUT2D eigenvalue weighted by atomic mass is 16.2. The summed E-state index contributed by atoms with van der Waals surface area (Å²) in [7, 11) is 1.80. The van der Waals surface area contributed by atoms with E-state index in [9.17, 15) is 9.59 Å². The molecule has 1 aliphatic rings. The second-order valence-electron chi connectivity index (χ2n) is 9.95. The van der Waals surface area contributed by atoms with Gasteiger partial charge in [-0.1, -0.05) is 25.5 Å². The number of carbonyl (C=O) groups is 2. The number of rotatable bonds is 13. The van der Waals surface area contributed by atoms with Crippen molar-refractivity contribution in [2.24, 2.45) is 0 Å².